The Morgan fingerprint density at radius 2 is 1.62 bits per heavy atom. The molecule has 1 aromatic rings. The van der Waals surface area contributed by atoms with Crippen LogP contribution in [0.4, 0.5) is 0 Å². The second-order valence-electron chi connectivity index (χ2n) is 7.18. The van der Waals surface area contributed by atoms with E-state index in [0.717, 1.165) is 18.1 Å². The summed E-state index contributed by atoms with van der Waals surface area (Å²) in [7, 11) is -5.46. The smallest absolute Gasteiger partial charge is 0.192 e. The first-order valence-corrected chi connectivity index (χ1v) is 13.0. The van der Waals surface area contributed by atoms with Crippen LogP contribution in [0.3, 0.4) is 0 Å². The molecule has 6 heteroatoms. The van der Waals surface area contributed by atoms with Crippen molar-refractivity contribution >= 4 is 18.2 Å². The quantitative estimate of drug-likeness (QED) is 0.708. The van der Waals surface area contributed by atoms with E-state index in [1.807, 2.05) is 6.92 Å². The average molecular weight is 371 g/mol. The minimum absolute atomic E-state index is 0.262. The van der Waals surface area contributed by atoms with Gasteiger partial charge in [-0.05, 0) is 50.0 Å². The second-order valence-corrected chi connectivity index (χ2v) is 13.9. The normalized spacial score (nSPS) is 27.7. The molecule has 136 valence electrons. The van der Waals surface area contributed by atoms with Crippen LogP contribution < -0.4 is 0 Å². The van der Waals surface area contributed by atoms with Gasteiger partial charge in [-0.25, -0.2) is 8.42 Å². The molecular formula is C18H30O4SSi. The Balaban J connectivity index is 2.24. The Labute approximate surface area is 147 Å². The summed E-state index contributed by atoms with van der Waals surface area (Å²) in [6, 6.07) is 11.3. The van der Waals surface area contributed by atoms with Gasteiger partial charge in [0.1, 0.15) is 5.60 Å². The number of sulfone groups is 1. The van der Waals surface area contributed by atoms with E-state index in [1.165, 1.54) is 0 Å². The zero-order valence-corrected chi connectivity index (χ0v) is 17.0. The highest BCUT2D eigenvalue weighted by Gasteiger charge is 2.60. The molecule has 0 aliphatic heterocycles. The maximum absolute atomic E-state index is 12.7. The summed E-state index contributed by atoms with van der Waals surface area (Å²) < 4.78 is 31.9. The average Bonchev–Trinajstić information content (AvgIpc) is 2.59. The molecule has 1 fully saturated rings. The van der Waals surface area contributed by atoms with Crippen LogP contribution in [0.2, 0.25) is 18.1 Å². The molecule has 0 heterocycles. The van der Waals surface area contributed by atoms with Crippen LogP contribution >= 0.6 is 0 Å². The molecule has 1 N–H and O–H groups in total. The number of hydrogen-bond donors (Lipinski definition) is 1. The van der Waals surface area contributed by atoms with Crippen molar-refractivity contribution in [2.45, 2.75) is 74.8 Å². The van der Waals surface area contributed by atoms with Crippen molar-refractivity contribution < 1.29 is 18.0 Å². The highest BCUT2D eigenvalue weighted by atomic mass is 32.2. The van der Waals surface area contributed by atoms with Gasteiger partial charge in [-0.15, -0.1) is 0 Å². The van der Waals surface area contributed by atoms with Crippen molar-refractivity contribution in [3.05, 3.63) is 30.3 Å². The van der Waals surface area contributed by atoms with Crippen LogP contribution in [-0.2, 0) is 14.3 Å². The molecule has 0 saturated heterocycles. The molecule has 2 atom stereocenters. The van der Waals surface area contributed by atoms with Crippen molar-refractivity contribution in [2.75, 3.05) is 5.75 Å². The highest BCUT2D eigenvalue weighted by Crippen LogP contribution is 2.49. The second kappa shape index (κ2) is 6.90. The Kier molecular flexibility index (Phi) is 5.64. The topological polar surface area (TPSA) is 63.6 Å². The first kappa shape index (κ1) is 19.6. The zero-order valence-electron chi connectivity index (χ0n) is 15.2. The number of hydrogen-bond acceptors (Lipinski definition) is 4. The Morgan fingerprint density at radius 1 is 1.08 bits per heavy atom. The minimum Gasteiger partial charge on any atom is -0.409 e. The third kappa shape index (κ3) is 3.47. The van der Waals surface area contributed by atoms with Crippen molar-refractivity contribution in [1.29, 1.82) is 0 Å². The fourth-order valence-corrected chi connectivity index (χ4v) is 8.60. The minimum atomic E-state index is -3.54. The van der Waals surface area contributed by atoms with Gasteiger partial charge >= 0.3 is 0 Å². The van der Waals surface area contributed by atoms with Crippen molar-refractivity contribution in [3.63, 3.8) is 0 Å². The lowest BCUT2D eigenvalue weighted by Crippen LogP contribution is -2.68. The predicted molar refractivity (Wildman–Crippen MR) is 99.4 cm³/mol. The molecule has 0 radical (unpaired) electrons. The van der Waals surface area contributed by atoms with Crippen LogP contribution in [0.25, 0.3) is 0 Å². The lowest BCUT2D eigenvalue weighted by molar-refractivity contribution is -0.188. The Bertz CT molecular complexity index is 649. The Hall–Kier alpha value is -0.693. The predicted octanol–water partition coefficient (Wildman–Crippen LogP) is 3.77. The summed E-state index contributed by atoms with van der Waals surface area (Å²) in [5, 5.41) is 11.1. The molecule has 24 heavy (non-hydrogen) atoms. The van der Waals surface area contributed by atoms with E-state index in [9.17, 15) is 13.5 Å². The molecule has 1 aromatic carbocycles. The van der Waals surface area contributed by atoms with Gasteiger partial charge in [-0.1, -0.05) is 39.0 Å². The summed E-state index contributed by atoms with van der Waals surface area (Å²) in [5.74, 6) is -0.276. The maximum Gasteiger partial charge on any atom is 0.192 e. The lowest BCUT2D eigenvalue weighted by Gasteiger charge is -2.57. The Morgan fingerprint density at radius 3 is 2.04 bits per heavy atom. The molecule has 0 bridgehead atoms. The van der Waals surface area contributed by atoms with Crippen LogP contribution in [0.5, 0.6) is 0 Å². The first-order chi connectivity index (χ1) is 11.2. The third-order valence-electron chi connectivity index (χ3n) is 5.91. The van der Waals surface area contributed by atoms with E-state index >= 15 is 0 Å². The zero-order chi connectivity index (χ0) is 18.1. The molecule has 1 aliphatic rings. The van der Waals surface area contributed by atoms with Gasteiger partial charge in [-0.2, -0.15) is 0 Å². The van der Waals surface area contributed by atoms with Crippen LogP contribution in [-0.4, -0.2) is 38.8 Å². The monoisotopic (exact) mass is 370 g/mol. The molecule has 1 aliphatic carbocycles. The fourth-order valence-electron chi connectivity index (χ4n) is 3.61. The number of aliphatic hydroxyl groups is 1. The van der Waals surface area contributed by atoms with E-state index < -0.39 is 29.4 Å². The lowest BCUT2D eigenvalue weighted by atomic mass is 9.67. The van der Waals surface area contributed by atoms with Crippen molar-refractivity contribution in [3.8, 4) is 0 Å². The molecule has 1 saturated carbocycles. The van der Waals surface area contributed by atoms with Gasteiger partial charge in [0.15, 0.2) is 18.2 Å². The molecular weight excluding hydrogens is 340 g/mol. The first-order valence-electron chi connectivity index (χ1n) is 8.86. The molecule has 0 unspecified atom stereocenters. The maximum atomic E-state index is 12.7. The molecule has 0 aromatic heterocycles. The van der Waals surface area contributed by atoms with Crippen molar-refractivity contribution in [2.24, 2.45) is 0 Å². The summed E-state index contributed by atoms with van der Waals surface area (Å²) in [6.07, 6.45) is 1.18. The summed E-state index contributed by atoms with van der Waals surface area (Å²) in [6.45, 7) is 8.31. The van der Waals surface area contributed by atoms with Gasteiger partial charge in [0.2, 0.25) is 0 Å². The van der Waals surface area contributed by atoms with E-state index in [0.29, 0.717) is 12.8 Å². The molecule has 4 nitrogen and oxygen atoms in total. The molecule has 2 rings (SSSR count). The van der Waals surface area contributed by atoms with Gasteiger partial charge in [0.05, 0.1) is 16.2 Å². The van der Waals surface area contributed by atoms with Gasteiger partial charge in [0.25, 0.3) is 0 Å². The van der Waals surface area contributed by atoms with Crippen LogP contribution in [0.1, 0.15) is 40.5 Å². The van der Waals surface area contributed by atoms with E-state index in [4.69, 9.17) is 4.43 Å². The fraction of sp³-hybridized carbons (Fsp3) is 0.667. The largest absolute Gasteiger partial charge is 0.409 e. The van der Waals surface area contributed by atoms with Gasteiger partial charge < -0.3 is 9.53 Å². The summed E-state index contributed by atoms with van der Waals surface area (Å²) in [5.41, 5.74) is -2.07. The van der Waals surface area contributed by atoms with Crippen LogP contribution in [0.15, 0.2) is 35.2 Å². The van der Waals surface area contributed by atoms with E-state index in [2.05, 4.69) is 20.8 Å². The molecule has 0 spiro atoms. The van der Waals surface area contributed by atoms with Gasteiger partial charge in [-0.3, -0.25) is 0 Å². The van der Waals surface area contributed by atoms with Crippen molar-refractivity contribution in [1.82, 2.24) is 0 Å². The summed E-state index contributed by atoms with van der Waals surface area (Å²) >= 11 is 0. The SMILES string of the molecule is CC[Si](CC)(CC)O[C@]1(C)CC[C@@]1(O)CS(=O)(=O)c1ccccc1. The third-order valence-corrected chi connectivity index (χ3v) is 12.5. The molecule has 0 amide bonds. The number of rotatable bonds is 8. The highest BCUT2D eigenvalue weighted by molar-refractivity contribution is 7.91. The van der Waals surface area contributed by atoms with Crippen LogP contribution in [0, 0.1) is 0 Å². The number of benzene rings is 1. The summed E-state index contributed by atoms with van der Waals surface area (Å²) in [4.78, 5) is 0.262. The van der Waals surface area contributed by atoms with E-state index in [1.54, 1.807) is 30.3 Å². The van der Waals surface area contributed by atoms with Gasteiger partial charge in [0, 0.05) is 0 Å². The van der Waals surface area contributed by atoms with E-state index in [-0.39, 0.29) is 10.6 Å². The standard InChI is InChI=1S/C18H30O4SSi/c1-5-24(6-2,7-3)22-17(4)13-14-18(17,19)15-23(20,21)16-11-9-8-10-12-16/h8-12,19H,5-7,13-15H2,1-4H3/t17-,18-/m1/s1.